The smallest absolute Gasteiger partial charge is 0.219 e. The van der Waals surface area contributed by atoms with Crippen LogP contribution in [-0.2, 0) is 11.2 Å². The van der Waals surface area contributed by atoms with Crippen molar-refractivity contribution in [3.8, 4) is 0 Å². The van der Waals surface area contributed by atoms with Gasteiger partial charge in [-0.2, -0.15) is 4.58 Å². The van der Waals surface area contributed by atoms with Crippen molar-refractivity contribution in [2.75, 3.05) is 13.2 Å². The largest absolute Gasteiger partial charge is 0.507 e. The van der Waals surface area contributed by atoms with Gasteiger partial charge in [0.25, 0.3) is 0 Å². The third-order valence-corrected chi connectivity index (χ3v) is 8.88. The Hall–Kier alpha value is -4.33. The maximum atomic E-state index is 12.1. The molecule has 41 heavy (non-hydrogen) atoms. The molecule has 3 heterocycles. The molecule has 0 radical (unpaired) electrons. The van der Waals surface area contributed by atoms with Crippen LogP contribution in [-0.4, -0.2) is 28.6 Å². The summed E-state index contributed by atoms with van der Waals surface area (Å²) in [5, 5.41) is 12.1. The van der Waals surface area contributed by atoms with Gasteiger partial charge in [0.05, 0.1) is 30.0 Å². The van der Waals surface area contributed by atoms with E-state index in [-0.39, 0.29) is 0 Å². The highest BCUT2D eigenvalue weighted by molar-refractivity contribution is 6.30. The van der Waals surface area contributed by atoms with Gasteiger partial charge in [0, 0.05) is 65.2 Å². The van der Waals surface area contributed by atoms with Crippen molar-refractivity contribution in [2.45, 2.75) is 53.4 Å². The third kappa shape index (κ3) is 4.07. The van der Waals surface area contributed by atoms with Gasteiger partial charge >= 0.3 is 0 Å². The number of allylic oxidation sites excluding steroid dienone is 4. The first-order valence-corrected chi connectivity index (χ1v) is 14.6. The molecule has 1 aromatic heterocycles. The fraction of sp³-hybridized carbons (Fsp3) is 0.270. The molecule has 7 rings (SSSR count). The second-order valence-electron chi connectivity index (χ2n) is 11.5. The number of nitrogens with zero attached hydrogens (tertiary/aromatic N) is 2. The van der Waals surface area contributed by atoms with Crippen LogP contribution in [0, 0.1) is 13.8 Å². The minimum atomic E-state index is 0.345. The highest BCUT2D eigenvalue weighted by Crippen LogP contribution is 2.44. The van der Waals surface area contributed by atoms with Crippen molar-refractivity contribution in [2.24, 2.45) is 0 Å². The van der Waals surface area contributed by atoms with Gasteiger partial charge in [0.15, 0.2) is 5.71 Å². The van der Waals surface area contributed by atoms with Crippen LogP contribution in [0.2, 0.25) is 0 Å². The summed E-state index contributed by atoms with van der Waals surface area (Å²) in [7, 11) is 0. The summed E-state index contributed by atoms with van der Waals surface area (Å²) in [5.74, 6) is 0.345. The number of hydrogen-bond donors (Lipinski definition) is 1. The van der Waals surface area contributed by atoms with Crippen LogP contribution in [0.3, 0.4) is 0 Å². The van der Waals surface area contributed by atoms with E-state index in [2.05, 4.69) is 109 Å². The van der Waals surface area contributed by atoms with Crippen molar-refractivity contribution >= 4 is 40.0 Å². The Balaban J connectivity index is 1.46. The normalized spacial score (nSPS) is 19.9. The molecule has 4 aliphatic rings. The van der Waals surface area contributed by atoms with E-state index in [0.29, 0.717) is 19.0 Å². The van der Waals surface area contributed by atoms with E-state index < -0.39 is 0 Å². The Kier molecular flexibility index (Phi) is 6.21. The lowest BCUT2D eigenvalue weighted by atomic mass is 9.90. The molecule has 0 saturated heterocycles. The average Bonchev–Trinajstić information content (AvgIpc) is 3.44. The second-order valence-corrected chi connectivity index (χ2v) is 11.5. The van der Waals surface area contributed by atoms with Crippen LogP contribution in [0.15, 0.2) is 83.0 Å². The summed E-state index contributed by atoms with van der Waals surface area (Å²) >= 11 is 0. The van der Waals surface area contributed by atoms with Crippen LogP contribution in [0.1, 0.15) is 66.8 Å². The molecule has 0 fully saturated rings. The molecular weight excluding hydrogens is 504 g/mol. The maximum absolute atomic E-state index is 12.1. The average molecular weight is 540 g/mol. The predicted octanol–water partition coefficient (Wildman–Crippen LogP) is 8.46. The Morgan fingerprint density at radius 3 is 2.44 bits per heavy atom. The van der Waals surface area contributed by atoms with E-state index >= 15 is 0 Å². The first-order chi connectivity index (χ1) is 19.9. The first-order valence-electron chi connectivity index (χ1n) is 14.6. The Labute approximate surface area is 241 Å². The number of ether oxygens (including phenoxy) is 1. The topological polar surface area (TPSA) is 37.4 Å². The molecular formula is C37H35N2O2+. The second kappa shape index (κ2) is 9.94. The highest BCUT2D eigenvalue weighted by atomic mass is 16.5. The number of aromatic nitrogens is 1. The lowest BCUT2D eigenvalue weighted by Gasteiger charge is -2.22. The molecule has 0 unspecified atom stereocenters. The van der Waals surface area contributed by atoms with Crippen molar-refractivity contribution in [1.82, 2.24) is 9.14 Å². The predicted molar refractivity (Wildman–Crippen MR) is 169 cm³/mol. The molecule has 0 amide bonds. The minimum Gasteiger partial charge on any atom is -0.507 e. The number of aliphatic hydroxyl groups is 1. The van der Waals surface area contributed by atoms with Crippen LogP contribution >= 0.6 is 0 Å². The van der Waals surface area contributed by atoms with E-state index in [1.54, 1.807) is 0 Å². The van der Waals surface area contributed by atoms with Crippen molar-refractivity contribution in [1.29, 1.82) is 0 Å². The number of aryl methyl sites for hydroxylation is 1. The molecule has 4 nitrogen and oxygen atoms in total. The summed E-state index contributed by atoms with van der Waals surface area (Å²) in [6.45, 7) is 9.29. The fourth-order valence-electron chi connectivity index (χ4n) is 6.87. The van der Waals surface area contributed by atoms with E-state index in [4.69, 9.17) is 4.74 Å². The van der Waals surface area contributed by atoms with Gasteiger partial charge in [0.1, 0.15) is 5.76 Å². The maximum Gasteiger partial charge on any atom is 0.219 e. The number of hydrogen-bond acceptors (Lipinski definition) is 2. The molecule has 0 saturated carbocycles. The highest BCUT2D eigenvalue weighted by Gasteiger charge is 2.38. The van der Waals surface area contributed by atoms with E-state index in [9.17, 15) is 5.11 Å². The van der Waals surface area contributed by atoms with Gasteiger partial charge in [-0.15, -0.1) is 0 Å². The quantitative estimate of drug-likeness (QED) is 0.268. The molecule has 4 heteroatoms. The SMILES string of the molecule is CC1=C=C=C(n2c(C)c(C3=C(O)C(=C4C(C)=[N+](c5ccc(C)cc5)c5ccccc54)COC3)c3c2CCC=C3)CC1. The van der Waals surface area contributed by atoms with Gasteiger partial charge < -0.3 is 14.4 Å². The molecule has 0 bridgehead atoms. The standard InChI is InChI=1S/C37H34N2O2/c1-23-13-17-27(18-14-23)38-25(3)35(29-9-5-7-11-33(29)38)31-21-41-22-32(37(31)40)36-26(4)39(28-19-15-24(2)16-20-28)34-12-8-6-10-30(34)36/h5-7,9-11,13-14,17-18H,8,12,15,19,21-22H2,1-4H3/p+1. The number of rotatable bonds is 3. The third-order valence-electron chi connectivity index (χ3n) is 8.88. The summed E-state index contributed by atoms with van der Waals surface area (Å²) < 4.78 is 11.0. The summed E-state index contributed by atoms with van der Waals surface area (Å²) in [6.07, 6.45) is 8.40. The molecule has 204 valence electrons. The van der Waals surface area contributed by atoms with Gasteiger partial charge in [-0.25, -0.2) is 0 Å². The fourth-order valence-corrected chi connectivity index (χ4v) is 6.87. The molecule has 1 N–H and O–H groups in total. The van der Waals surface area contributed by atoms with Crippen LogP contribution in [0.4, 0.5) is 11.4 Å². The summed E-state index contributed by atoms with van der Waals surface area (Å²) in [4.78, 5) is 0. The zero-order chi connectivity index (χ0) is 28.2. The number of aliphatic hydroxyl groups excluding tert-OH is 1. The van der Waals surface area contributed by atoms with Crippen molar-refractivity contribution < 1.29 is 9.84 Å². The Bertz CT molecular complexity index is 1860. The summed E-state index contributed by atoms with van der Waals surface area (Å²) in [5.41, 5.74) is 22.3. The van der Waals surface area contributed by atoms with E-state index in [1.807, 2.05) is 0 Å². The Morgan fingerprint density at radius 2 is 1.66 bits per heavy atom. The van der Waals surface area contributed by atoms with Gasteiger partial charge in [-0.05, 0) is 57.4 Å². The Morgan fingerprint density at radius 1 is 0.878 bits per heavy atom. The zero-order valence-corrected chi connectivity index (χ0v) is 24.3. The van der Waals surface area contributed by atoms with Gasteiger partial charge in [0.2, 0.25) is 11.4 Å². The first kappa shape index (κ1) is 25.6. The summed E-state index contributed by atoms with van der Waals surface area (Å²) in [6, 6.07) is 17.1. The van der Waals surface area contributed by atoms with E-state index in [0.717, 1.165) is 82.0 Å². The van der Waals surface area contributed by atoms with Gasteiger partial charge in [-0.1, -0.05) is 47.7 Å². The molecule has 2 aromatic carbocycles. The molecule has 0 atom stereocenters. The molecule has 0 spiro atoms. The van der Waals surface area contributed by atoms with Crippen molar-refractivity contribution in [3.05, 3.63) is 117 Å². The van der Waals surface area contributed by atoms with Crippen LogP contribution in [0.5, 0.6) is 0 Å². The number of benzene rings is 2. The minimum absolute atomic E-state index is 0.345. The zero-order valence-electron chi connectivity index (χ0n) is 24.3. The monoisotopic (exact) mass is 539 g/mol. The van der Waals surface area contributed by atoms with Crippen LogP contribution in [0.25, 0.3) is 22.9 Å². The molecule has 3 aromatic rings. The van der Waals surface area contributed by atoms with Gasteiger partial charge in [-0.3, -0.25) is 0 Å². The van der Waals surface area contributed by atoms with Crippen molar-refractivity contribution in [3.63, 3.8) is 0 Å². The number of fused-ring (bicyclic) bond motifs is 2. The lowest BCUT2D eigenvalue weighted by Crippen LogP contribution is -2.18. The number of para-hydroxylation sites is 1. The molecule has 2 aliphatic carbocycles. The van der Waals surface area contributed by atoms with Crippen LogP contribution < -0.4 is 4.58 Å². The molecule has 2 aliphatic heterocycles. The lowest BCUT2D eigenvalue weighted by molar-refractivity contribution is 0.175. The van der Waals surface area contributed by atoms with E-state index in [1.165, 1.54) is 22.4 Å².